The van der Waals surface area contributed by atoms with Gasteiger partial charge in [0.2, 0.25) is 0 Å². The molecule has 2 rings (SSSR count). The zero-order valence-corrected chi connectivity index (χ0v) is 13.6. The van der Waals surface area contributed by atoms with Crippen LogP contribution in [0, 0.1) is 5.82 Å². The molecule has 1 unspecified atom stereocenters. The number of benzene rings is 1. The highest BCUT2D eigenvalue weighted by molar-refractivity contribution is 5.85. The molecule has 2 N–H and O–H groups in total. The average Bonchev–Trinajstić information content (AvgIpc) is 2.39. The van der Waals surface area contributed by atoms with Crippen molar-refractivity contribution in [1.29, 1.82) is 0 Å². The third-order valence-electron chi connectivity index (χ3n) is 3.51. The molecular formula is C16H24FN3O2. The average molecular weight is 309 g/mol. The Morgan fingerprint density at radius 1 is 1.45 bits per heavy atom. The van der Waals surface area contributed by atoms with Crippen molar-refractivity contribution in [2.24, 2.45) is 0 Å². The Balaban J connectivity index is 2.14. The fraction of sp³-hybridized carbons (Fsp3) is 0.562. The van der Waals surface area contributed by atoms with Gasteiger partial charge in [-0.15, -0.1) is 0 Å². The van der Waals surface area contributed by atoms with Gasteiger partial charge in [-0.25, -0.2) is 9.18 Å². The second-order valence-electron chi connectivity index (χ2n) is 6.56. The second kappa shape index (κ2) is 6.62. The zero-order valence-electron chi connectivity index (χ0n) is 13.6. The first-order valence-corrected chi connectivity index (χ1v) is 7.47. The summed E-state index contributed by atoms with van der Waals surface area (Å²) in [4.78, 5) is 13.9. The summed E-state index contributed by atoms with van der Waals surface area (Å²) >= 11 is 0. The van der Waals surface area contributed by atoms with Crippen molar-refractivity contribution in [1.82, 2.24) is 10.2 Å². The van der Waals surface area contributed by atoms with Gasteiger partial charge in [-0.05, 0) is 46.0 Å². The van der Waals surface area contributed by atoms with Crippen LogP contribution in [0.4, 0.5) is 14.9 Å². The lowest BCUT2D eigenvalue weighted by Gasteiger charge is -2.33. The van der Waals surface area contributed by atoms with Crippen LogP contribution >= 0.6 is 0 Å². The summed E-state index contributed by atoms with van der Waals surface area (Å²) in [6, 6.07) is 4.55. The minimum Gasteiger partial charge on any atom is -0.444 e. The molecule has 5 nitrogen and oxygen atoms in total. The molecule has 1 heterocycles. The van der Waals surface area contributed by atoms with Gasteiger partial charge in [0.1, 0.15) is 11.4 Å². The summed E-state index contributed by atoms with van der Waals surface area (Å²) in [6.07, 6.45) is -0.541. The number of nitrogens with one attached hydrogen (secondary N) is 2. The zero-order chi connectivity index (χ0) is 16.3. The van der Waals surface area contributed by atoms with Crippen molar-refractivity contribution in [3.05, 3.63) is 29.6 Å². The van der Waals surface area contributed by atoms with Gasteiger partial charge in [0.25, 0.3) is 0 Å². The summed E-state index contributed by atoms with van der Waals surface area (Å²) in [5, 5.41) is 5.92. The van der Waals surface area contributed by atoms with E-state index in [0.29, 0.717) is 17.8 Å². The number of rotatable bonds is 2. The van der Waals surface area contributed by atoms with Crippen molar-refractivity contribution in [2.45, 2.75) is 32.4 Å². The maximum atomic E-state index is 14.1. The van der Waals surface area contributed by atoms with Crippen LogP contribution in [-0.2, 0) is 4.74 Å². The van der Waals surface area contributed by atoms with E-state index < -0.39 is 11.7 Å². The highest BCUT2D eigenvalue weighted by Gasteiger charge is 2.24. The van der Waals surface area contributed by atoms with Crippen LogP contribution in [0.3, 0.4) is 0 Å². The fourth-order valence-electron chi connectivity index (χ4n) is 2.45. The highest BCUT2D eigenvalue weighted by atomic mass is 19.1. The molecule has 6 heteroatoms. The summed E-state index contributed by atoms with van der Waals surface area (Å²) in [6.45, 7) is 7.82. The molecule has 0 bridgehead atoms. The van der Waals surface area contributed by atoms with Crippen LogP contribution in [-0.4, -0.2) is 43.3 Å². The Hall–Kier alpha value is -1.66. The monoisotopic (exact) mass is 309 g/mol. The molecule has 1 amide bonds. The Morgan fingerprint density at radius 3 is 2.82 bits per heavy atom. The van der Waals surface area contributed by atoms with E-state index in [9.17, 15) is 9.18 Å². The summed E-state index contributed by atoms with van der Waals surface area (Å²) < 4.78 is 19.3. The van der Waals surface area contributed by atoms with Crippen molar-refractivity contribution >= 4 is 11.8 Å². The lowest BCUT2D eigenvalue weighted by molar-refractivity contribution is 0.0636. The fourth-order valence-corrected chi connectivity index (χ4v) is 2.45. The van der Waals surface area contributed by atoms with Crippen LogP contribution in [0.2, 0.25) is 0 Å². The van der Waals surface area contributed by atoms with Crippen LogP contribution in [0.15, 0.2) is 18.2 Å². The quantitative estimate of drug-likeness (QED) is 0.882. The number of anilines is 1. The first-order chi connectivity index (χ1) is 10.3. The lowest BCUT2D eigenvalue weighted by Crippen LogP contribution is -2.44. The summed E-state index contributed by atoms with van der Waals surface area (Å²) in [5.41, 5.74) is 0.536. The molecule has 122 valence electrons. The molecule has 1 atom stereocenters. The van der Waals surface area contributed by atoms with Gasteiger partial charge < -0.3 is 10.1 Å². The van der Waals surface area contributed by atoms with E-state index in [2.05, 4.69) is 15.5 Å². The number of piperazine rings is 1. The third kappa shape index (κ3) is 4.42. The van der Waals surface area contributed by atoms with Crippen molar-refractivity contribution in [2.75, 3.05) is 32.0 Å². The van der Waals surface area contributed by atoms with Gasteiger partial charge >= 0.3 is 6.09 Å². The molecule has 0 aliphatic carbocycles. The van der Waals surface area contributed by atoms with E-state index >= 15 is 0 Å². The Labute approximate surface area is 130 Å². The molecule has 0 radical (unpaired) electrons. The molecular weight excluding hydrogens is 285 g/mol. The third-order valence-corrected chi connectivity index (χ3v) is 3.51. The van der Waals surface area contributed by atoms with Gasteiger partial charge in [-0.3, -0.25) is 10.2 Å². The van der Waals surface area contributed by atoms with E-state index in [1.165, 1.54) is 6.07 Å². The van der Waals surface area contributed by atoms with Crippen LogP contribution in [0.5, 0.6) is 0 Å². The Bertz CT molecular complexity index is 543. The van der Waals surface area contributed by atoms with E-state index in [1.54, 1.807) is 32.9 Å². The Kier molecular flexibility index (Phi) is 5.03. The number of hydrogen-bond acceptors (Lipinski definition) is 4. The van der Waals surface area contributed by atoms with Crippen LogP contribution < -0.4 is 10.6 Å². The molecule has 1 aromatic rings. The minimum absolute atomic E-state index is 0.0471. The van der Waals surface area contributed by atoms with Crippen molar-refractivity contribution in [3.63, 3.8) is 0 Å². The molecule has 0 aromatic heterocycles. The highest BCUT2D eigenvalue weighted by Crippen LogP contribution is 2.26. The predicted octanol–water partition coefficient (Wildman–Crippen LogP) is 2.75. The first-order valence-electron chi connectivity index (χ1n) is 7.47. The predicted molar refractivity (Wildman–Crippen MR) is 84.5 cm³/mol. The number of carbonyl (C=O) groups is 1. The van der Waals surface area contributed by atoms with Gasteiger partial charge in [-0.1, -0.05) is 0 Å². The second-order valence-corrected chi connectivity index (χ2v) is 6.56. The number of nitrogens with zero attached hydrogens (tertiary/aromatic N) is 1. The van der Waals surface area contributed by atoms with Crippen LogP contribution in [0.1, 0.15) is 32.4 Å². The molecule has 22 heavy (non-hydrogen) atoms. The van der Waals surface area contributed by atoms with E-state index in [1.807, 2.05) is 7.05 Å². The minimum atomic E-state index is -0.569. The normalized spacial score (nSPS) is 19.8. The molecule has 1 aliphatic heterocycles. The largest absolute Gasteiger partial charge is 0.444 e. The number of likely N-dealkylation sites (N-methyl/N-ethyl adjacent to an activating group) is 1. The summed E-state index contributed by atoms with van der Waals surface area (Å²) in [5.74, 6) is -0.268. The molecule has 1 aromatic carbocycles. The van der Waals surface area contributed by atoms with E-state index in [0.717, 1.165) is 13.1 Å². The van der Waals surface area contributed by atoms with Crippen molar-refractivity contribution in [3.8, 4) is 0 Å². The van der Waals surface area contributed by atoms with E-state index in [4.69, 9.17) is 4.74 Å². The van der Waals surface area contributed by atoms with E-state index in [-0.39, 0.29) is 11.9 Å². The molecule has 0 saturated carbocycles. The maximum absolute atomic E-state index is 14.1. The number of halogens is 1. The van der Waals surface area contributed by atoms with Gasteiger partial charge in [0, 0.05) is 36.9 Å². The molecule has 1 aliphatic rings. The SMILES string of the molecule is CN1CCNCC1c1cc(NC(=O)OC(C)(C)C)ccc1F. The van der Waals surface area contributed by atoms with Gasteiger partial charge in [-0.2, -0.15) is 0 Å². The standard InChI is InChI=1S/C16H24FN3O2/c1-16(2,3)22-15(21)19-11-5-6-13(17)12(9-11)14-10-18-7-8-20(14)4/h5-6,9,14,18H,7-8,10H2,1-4H3,(H,19,21). The lowest BCUT2D eigenvalue weighted by atomic mass is 10.0. The first kappa shape index (κ1) is 16.7. The Morgan fingerprint density at radius 2 is 2.18 bits per heavy atom. The smallest absolute Gasteiger partial charge is 0.412 e. The molecule has 0 spiro atoms. The summed E-state index contributed by atoms with van der Waals surface area (Å²) in [7, 11) is 1.97. The van der Waals surface area contributed by atoms with Crippen LogP contribution in [0.25, 0.3) is 0 Å². The molecule has 1 fully saturated rings. The maximum Gasteiger partial charge on any atom is 0.412 e. The topological polar surface area (TPSA) is 53.6 Å². The number of carbonyl (C=O) groups excluding carboxylic acids is 1. The number of ether oxygens (including phenoxy) is 1. The number of amides is 1. The van der Waals surface area contributed by atoms with Gasteiger partial charge in [0.05, 0.1) is 0 Å². The van der Waals surface area contributed by atoms with Crippen molar-refractivity contribution < 1.29 is 13.9 Å². The molecule has 1 saturated heterocycles. The number of hydrogen-bond donors (Lipinski definition) is 2. The van der Waals surface area contributed by atoms with Gasteiger partial charge in [0.15, 0.2) is 0 Å².